The molecule has 0 radical (unpaired) electrons. The summed E-state index contributed by atoms with van der Waals surface area (Å²) < 4.78 is 0. The Bertz CT molecular complexity index is 416. The highest BCUT2D eigenvalue weighted by Crippen LogP contribution is 2.38. The molecule has 0 bridgehead atoms. The number of hydrogen-bond donors (Lipinski definition) is 1. The van der Waals surface area contributed by atoms with E-state index in [4.69, 9.17) is 0 Å². The van der Waals surface area contributed by atoms with Gasteiger partial charge in [0.1, 0.15) is 0 Å². The van der Waals surface area contributed by atoms with Gasteiger partial charge < -0.3 is 10.0 Å². The molecule has 1 N–H and O–H groups in total. The van der Waals surface area contributed by atoms with Gasteiger partial charge in [0.05, 0.1) is 11.1 Å². The molecule has 3 nitrogen and oxygen atoms in total. The molecule has 1 aromatic rings. The largest absolute Gasteiger partial charge is 0.393 e. The SMILES string of the molecule is CN(Cc1cnc(C2CCC2)s1)CC1CCCC1O. The lowest BCUT2D eigenvalue weighted by Gasteiger charge is -2.23. The Morgan fingerprint density at radius 1 is 1.32 bits per heavy atom. The average molecular weight is 280 g/mol. The molecule has 0 aromatic carbocycles. The van der Waals surface area contributed by atoms with Gasteiger partial charge in [0, 0.05) is 30.1 Å². The first-order valence-electron chi connectivity index (χ1n) is 7.53. The summed E-state index contributed by atoms with van der Waals surface area (Å²) in [6.45, 7) is 1.99. The highest BCUT2D eigenvalue weighted by Gasteiger charge is 2.26. The van der Waals surface area contributed by atoms with E-state index in [2.05, 4.69) is 23.1 Å². The molecular formula is C15H24N2OS. The number of aromatic nitrogens is 1. The smallest absolute Gasteiger partial charge is 0.0959 e. The van der Waals surface area contributed by atoms with Gasteiger partial charge in [-0.1, -0.05) is 12.8 Å². The number of hydrogen-bond acceptors (Lipinski definition) is 4. The number of thiazole rings is 1. The van der Waals surface area contributed by atoms with Crippen LogP contribution in [0.2, 0.25) is 0 Å². The molecule has 1 aromatic heterocycles. The van der Waals surface area contributed by atoms with Gasteiger partial charge in [0.25, 0.3) is 0 Å². The van der Waals surface area contributed by atoms with Gasteiger partial charge in [0.15, 0.2) is 0 Å². The van der Waals surface area contributed by atoms with Gasteiger partial charge in [0.2, 0.25) is 0 Å². The molecule has 2 unspecified atom stereocenters. The summed E-state index contributed by atoms with van der Waals surface area (Å²) in [7, 11) is 2.16. The van der Waals surface area contributed by atoms with Crippen LogP contribution in [0.4, 0.5) is 0 Å². The van der Waals surface area contributed by atoms with Crippen molar-refractivity contribution in [1.29, 1.82) is 0 Å². The minimum Gasteiger partial charge on any atom is -0.393 e. The third-order valence-electron chi connectivity index (χ3n) is 4.62. The van der Waals surface area contributed by atoms with Crippen molar-refractivity contribution in [2.75, 3.05) is 13.6 Å². The molecule has 2 atom stereocenters. The maximum atomic E-state index is 9.88. The van der Waals surface area contributed by atoms with Crippen molar-refractivity contribution in [3.63, 3.8) is 0 Å². The van der Waals surface area contributed by atoms with Crippen molar-refractivity contribution >= 4 is 11.3 Å². The first kappa shape index (κ1) is 13.5. The third-order valence-corrected chi connectivity index (χ3v) is 5.76. The van der Waals surface area contributed by atoms with Gasteiger partial charge in [-0.2, -0.15) is 0 Å². The monoisotopic (exact) mass is 280 g/mol. The van der Waals surface area contributed by atoms with Crippen molar-refractivity contribution < 1.29 is 5.11 Å². The second-order valence-electron chi connectivity index (χ2n) is 6.25. The Morgan fingerprint density at radius 3 is 2.74 bits per heavy atom. The maximum Gasteiger partial charge on any atom is 0.0959 e. The molecule has 2 saturated carbocycles. The molecule has 2 aliphatic carbocycles. The van der Waals surface area contributed by atoms with E-state index in [1.807, 2.05) is 11.3 Å². The lowest BCUT2D eigenvalue weighted by Crippen LogP contribution is -2.29. The van der Waals surface area contributed by atoms with Crippen LogP contribution in [0, 0.1) is 5.92 Å². The molecule has 0 spiro atoms. The zero-order valence-electron chi connectivity index (χ0n) is 11.7. The molecule has 3 rings (SSSR count). The number of nitrogens with zero attached hydrogens (tertiary/aromatic N) is 2. The Balaban J connectivity index is 1.51. The van der Waals surface area contributed by atoms with E-state index in [1.165, 1.54) is 42.0 Å². The lowest BCUT2D eigenvalue weighted by molar-refractivity contribution is 0.108. The standard InChI is InChI=1S/C15H24N2OS/c1-17(9-12-6-3-7-14(12)18)10-13-8-16-15(19-13)11-4-2-5-11/h8,11-12,14,18H,2-7,9-10H2,1H3. The second-order valence-corrected chi connectivity index (χ2v) is 7.39. The van der Waals surface area contributed by atoms with Gasteiger partial charge in [-0.3, -0.25) is 0 Å². The molecule has 106 valence electrons. The first-order valence-corrected chi connectivity index (χ1v) is 8.35. The summed E-state index contributed by atoms with van der Waals surface area (Å²) >= 11 is 1.89. The van der Waals surface area contributed by atoms with E-state index in [0.29, 0.717) is 5.92 Å². The van der Waals surface area contributed by atoms with Gasteiger partial charge >= 0.3 is 0 Å². The van der Waals surface area contributed by atoms with Crippen LogP contribution in [0.5, 0.6) is 0 Å². The minimum atomic E-state index is -0.0746. The zero-order valence-corrected chi connectivity index (χ0v) is 12.5. The third kappa shape index (κ3) is 3.18. The lowest BCUT2D eigenvalue weighted by atomic mass is 9.86. The van der Waals surface area contributed by atoms with E-state index >= 15 is 0 Å². The fourth-order valence-electron chi connectivity index (χ4n) is 3.20. The predicted molar refractivity (Wildman–Crippen MR) is 78.4 cm³/mol. The quantitative estimate of drug-likeness (QED) is 0.900. The topological polar surface area (TPSA) is 36.4 Å². The molecule has 0 aliphatic heterocycles. The molecule has 1 heterocycles. The summed E-state index contributed by atoms with van der Waals surface area (Å²) in [5.41, 5.74) is 0. The summed E-state index contributed by atoms with van der Waals surface area (Å²) in [6, 6.07) is 0. The van der Waals surface area contributed by atoms with Gasteiger partial charge in [-0.25, -0.2) is 4.98 Å². The van der Waals surface area contributed by atoms with E-state index in [-0.39, 0.29) is 6.10 Å². The predicted octanol–water partition coefficient (Wildman–Crippen LogP) is 3.00. The molecule has 4 heteroatoms. The molecule has 0 saturated heterocycles. The van der Waals surface area contributed by atoms with E-state index in [9.17, 15) is 5.11 Å². The fourth-order valence-corrected chi connectivity index (χ4v) is 4.37. The summed E-state index contributed by atoms with van der Waals surface area (Å²) in [4.78, 5) is 8.30. The summed E-state index contributed by atoms with van der Waals surface area (Å²) in [5.74, 6) is 1.23. The van der Waals surface area contributed by atoms with E-state index in [0.717, 1.165) is 25.4 Å². The van der Waals surface area contributed by atoms with Crippen molar-refractivity contribution in [3.05, 3.63) is 16.1 Å². The maximum absolute atomic E-state index is 9.88. The zero-order chi connectivity index (χ0) is 13.2. The van der Waals surface area contributed by atoms with E-state index < -0.39 is 0 Å². The normalized spacial score (nSPS) is 27.9. The van der Waals surface area contributed by atoms with E-state index in [1.54, 1.807) is 0 Å². The van der Waals surface area contributed by atoms with Crippen LogP contribution in [-0.4, -0.2) is 34.7 Å². The molecule has 2 fully saturated rings. The van der Waals surface area contributed by atoms with Gasteiger partial charge in [-0.15, -0.1) is 11.3 Å². The van der Waals surface area contributed by atoms with Crippen LogP contribution in [0.15, 0.2) is 6.20 Å². The molecule has 0 amide bonds. The van der Waals surface area contributed by atoms with Gasteiger partial charge in [-0.05, 0) is 38.6 Å². The number of aliphatic hydroxyl groups excluding tert-OH is 1. The highest BCUT2D eigenvalue weighted by atomic mass is 32.1. The molecule has 2 aliphatic rings. The summed E-state index contributed by atoms with van der Waals surface area (Å²) in [6.07, 6.45) is 9.38. The van der Waals surface area contributed by atoms with Crippen molar-refractivity contribution in [2.45, 2.75) is 57.1 Å². The highest BCUT2D eigenvalue weighted by molar-refractivity contribution is 7.11. The minimum absolute atomic E-state index is 0.0746. The van der Waals surface area contributed by atoms with Crippen LogP contribution in [0.25, 0.3) is 0 Å². The Labute approximate surface area is 119 Å². The van der Waals surface area contributed by atoms with Crippen LogP contribution < -0.4 is 0 Å². The first-order chi connectivity index (χ1) is 9.22. The number of aliphatic hydroxyl groups is 1. The van der Waals surface area contributed by atoms with Crippen molar-refractivity contribution in [2.24, 2.45) is 5.92 Å². The Kier molecular flexibility index (Phi) is 4.20. The molecule has 19 heavy (non-hydrogen) atoms. The second kappa shape index (κ2) is 5.90. The Morgan fingerprint density at radius 2 is 2.11 bits per heavy atom. The average Bonchev–Trinajstić information content (AvgIpc) is 2.88. The van der Waals surface area contributed by atoms with Crippen LogP contribution >= 0.6 is 11.3 Å². The fraction of sp³-hybridized carbons (Fsp3) is 0.800. The van der Waals surface area contributed by atoms with Crippen molar-refractivity contribution in [1.82, 2.24) is 9.88 Å². The van der Waals surface area contributed by atoms with Crippen LogP contribution in [0.3, 0.4) is 0 Å². The molecular weight excluding hydrogens is 256 g/mol. The summed E-state index contributed by atoms with van der Waals surface area (Å²) in [5, 5.41) is 11.2. The van der Waals surface area contributed by atoms with Crippen LogP contribution in [0.1, 0.15) is 54.3 Å². The Hall–Kier alpha value is -0.450. The van der Waals surface area contributed by atoms with Crippen molar-refractivity contribution in [3.8, 4) is 0 Å². The van der Waals surface area contributed by atoms with Crippen LogP contribution in [-0.2, 0) is 6.54 Å². The number of rotatable bonds is 5.